The third-order valence-corrected chi connectivity index (χ3v) is 3.46. The minimum Gasteiger partial charge on any atom is -0.416 e. The molecule has 0 aliphatic rings. The first-order valence-corrected chi connectivity index (χ1v) is 7.39. The highest BCUT2D eigenvalue weighted by Gasteiger charge is 2.33. The maximum atomic E-state index is 10.7. The van der Waals surface area contributed by atoms with Crippen molar-refractivity contribution in [3.8, 4) is 5.75 Å². The number of hydrogen-bond acceptors (Lipinski definition) is 6. The van der Waals surface area contributed by atoms with Gasteiger partial charge < -0.3 is 4.74 Å². The van der Waals surface area contributed by atoms with E-state index >= 15 is 0 Å². The molecule has 25 heavy (non-hydrogen) atoms. The van der Waals surface area contributed by atoms with Crippen LogP contribution in [0.15, 0.2) is 48.5 Å². The number of nitro groups is 1. The molecule has 2 aromatic carbocycles. The van der Waals surface area contributed by atoms with Crippen molar-refractivity contribution in [2.75, 3.05) is 21.3 Å². The van der Waals surface area contributed by atoms with Gasteiger partial charge in [-0.1, -0.05) is 30.4 Å². The number of para-hydroxylation sites is 1. The van der Waals surface area contributed by atoms with Gasteiger partial charge in [0.25, 0.3) is 5.69 Å². The molecule has 0 aromatic heterocycles. The predicted molar refractivity (Wildman–Crippen MR) is 92.9 cm³/mol. The quantitative estimate of drug-likeness (QED) is 0.314. The number of nitro benzene ring substituents is 1. The fraction of sp³-hybridized carbons (Fsp3) is 0.222. The van der Waals surface area contributed by atoms with Crippen molar-refractivity contribution in [3.63, 3.8) is 0 Å². The number of rotatable bonds is 8. The van der Waals surface area contributed by atoms with Crippen molar-refractivity contribution in [2.45, 2.75) is 6.16 Å². The van der Waals surface area contributed by atoms with E-state index in [-0.39, 0.29) is 5.69 Å². The monoisotopic (exact) mass is 345 g/mol. The van der Waals surface area contributed by atoms with Crippen LogP contribution in [0.5, 0.6) is 5.75 Å². The zero-order valence-electron chi connectivity index (χ0n) is 14.2. The summed E-state index contributed by atoms with van der Waals surface area (Å²) in [5, 5.41) is 10.7. The minimum atomic E-state index is -1.64. The molecule has 0 saturated heterocycles. The number of non-ortho nitro benzene ring substituents is 1. The van der Waals surface area contributed by atoms with Crippen molar-refractivity contribution >= 4 is 17.8 Å². The summed E-state index contributed by atoms with van der Waals surface area (Å²) >= 11 is 0. The van der Waals surface area contributed by atoms with Crippen molar-refractivity contribution in [3.05, 3.63) is 69.8 Å². The van der Waals surface area contributed by atoms with E-state index in [1.54, 1.807) is 18.2 Å². The number of benzene rings is 2. The van der Waals surface area contributed by atoms with Crippen LogP contribution in [0, 0.1) is 10.1 Å². The molecule has 0 amide bonds. The van der Waals surface area contributed by atoms with Gasteiger partial charge in [-0.15, -0.1) is 0 Å². The van der Waals surface area contributed by atoms with Gasteiger partial charge in [0.15, 0.2) is 0 Å². The zero-order valence-corrected chi connectivity index (χ0v) is 14.2. The van der Waals surface area contributed by atoms with Crippen molar-refractivity contribution < 1.29 is 23.9 Å². The van der Waals surface area contributed by atoms with E-state index in [4.69, 9.17) is 18.9 Å². The second-order valence-electron chi connectivity index (χ2n) is 4.93. The largest absolute Gasteiger partial charge is 0.460 e. The van der Waals surface area contributed by atoms with E-state index in [0.29, 0.717) is 5.75 Å². The van der Waals surface area contributed by atoms with Gasteiger partial charge in [-0.05, 0) is 23.8 Å². The molecular formula is C18H19NO6. The summed E-state index contributed by atoms with van der Waals surface area (Å²) in [7, 11) is 4.22. The average molecular weight is 345 g/mol. The fourth-order valence-electron chi connectivity index (χ4n) is 2.11. The van der Waals surface area contributed by atoms with Crippen molar-refractivity contribution in [1.82, 2.24) is 0 Å². The van der Waals surface area contributed by atoms with E-state index in [2.05, 4.69) is 0 Å². The lowest BCUT2D eigenvalue weighted by Gasteiger charge is -2.28. The molecule has 0 bridgehead atoms. The Morgan fingerprint density at radius 1 is 0.920 bits per heavy atom. The standard InChI is InChI=1S/C18H19NO6/c1-22-18(23-2,24-3)25-17-7-5-4-6-15(17)11-8-14-9-12-16(13-10-14)19(20)21/h4-13H,1-3H3. The maximum Gasteiger partial charge on any atom is 0.460 e. The lowest BCUT2D eigenvalue weighted by molar-refractivity contribution is -0.448. The molecule has 0 aliphatic carbocycles. The highest BCUT2D eigenvalue weighted by Crippen LogP contribution is 2.26. The molecule has 0 N–H and O–H groups in total. The van der Waals surface area contributed by atoms with Crippen molar-refractivity contribution in [2.24, 2.45) is 0 Å². The lowest BCUT2D eigenvalue weighted by atomic mass is 10.1. The van der Waals surface area contributed by atoms with Gasteiger partial charge in [-0.3, -0.25) is 24.3 Å². The van der Waals surface area contributed by atoms with E-state index in [1.807, 2.05) is 30.4 Å². The van der Waals surface area contributed by atoms with Crippen LogP contribution in [0.2, 0.25) is 0 Å². The van der Waals surface area contributed by atoms with Crippen LogP contribution in [0.1, 0.15) is 11.1 Å². The molecule has 0 fully saturated rings. The van der Waals surface area contributed by atoms with Crippen LogP contribution >= 0.6 is 0 Å². The van der Waals surface area contributed by atoms with Gasteiger partial charge in [-0.25, -0.2) is 0 Å². The first-order valence-electron chi connectivity index (χ1n) is 7.39. The Morgan fingerprint density at radius 2 is 1.52 bits per heavy atom. The summed E-state index contributed by atoms with van der Waals surface area (Å²) < 4.78 is 21.1. The molecule has 0 spiro atoms. The van der Waals surface area contributed by atoms with Gasteiger partial charge in [0.1, 0.15) is 5.75 Å². The molecule has 0 aliphatic heterocycles. The molecule has 2 rings (SSSR count). The SMILES string of the molecule is COC(OC)(OC)Oc1ccccc1C=Cc1ccc([N+](=O)[O-])cc1. The van der Waals surface area contributed by atoms with Gasteiger partial charge in [0.2, 0.25) is 0 Å². The van der Waals surface area contributed by atoms with Gasteiger partial charge in [0.05, 0.1) is 4.92 Å². The van der Waals surface area contributed by atoms with Crippen LogP contribution in [-0.4, -0.2) is 32.4 Å². The number of ether oxygens (including phenoxy) is 4. The van der Waals surface area contributed by atoms with Crippen LogP contribution in [-0.2, 0) is 14.2 Å². The summed E-state index contributed by atoms with van der Waals surface area (Å²) in [4.78, 5) is 10.3. The molecule has 2 aromatic rings. The van der Waals surface area contributed by atoms with Gasteiger partial charge in [-0.2, -0.15) is 0 Å². The Morgan fingerprint density at radius 3 is 2.08 bits per heavy atom. The molecule has 132 valence electrons. The highest BCUT2D eigenvalue weighted by molar-refractivity contribution is 5.72. The maximum absolute atomic E-state index is 10.7. The first kappa shape index (κ1) is 18.6. The van der Waals surface area contributed by atoms with E-state index < -0.39 is 11.1 Å². The highest BCUT2D eigenvalue weighted by atomic mass is 17.0. The van der Waals surface area contributed by atoms with Crippen LogP contribution < -0.4 is 4.74 Å². The Labute approximate surface area is 145 Å². The minimum absolute atomic E-state index is 0.0472. The summed E-state index contributed by atoms with van der Waals surface area (Å²) in [5.41, 5.74) is 1.62. The third kappa shape index (κ3) is 4.63. The average Bonchev–Trinajstić information content (AvgIpc) is 2.65. The molecule has 0 unspecified atom stereocenters. The first-order chi connectivity index (χ1) is 12.0. The second kappa shape index (κ2) is 8.39. The molecule has 0 heterocycles. The summed E-state index contributed by atoms with van der Waals surface area (Å²) in [6, 6.07) is 13.5. The van der Waals surface area contributed by atoms with Crippen LogP contribution in [0.3, 0.4) is 0 Å². The second-order valence-corrected chi connectivity index (χ2v) is 4.93. The van der Waals surface area contributed by atoms with Gasteiger partial charge >= 0.3 is 6.16 Å². The van der Waals surface area contributed by atoms with Crippen LogP contribution in [0.4, 0.5) is 5.69 Å². The zero-order chi connectivity index (χ0) is 18.3. The predicted octanol–water partition coefficient (Wildman–Crippen LogP) is 3.69. The smallest absolute Gasteiger partial charge is 0.416 e. The molecule has 0 radical (unpaired) electrons. The summed E-state index contributed by atoms with van der Waals surface area (Å²) in [6.07, 6.45) is 2.00. The van der Waals surface area contributed by atoms with Gasteiger partial charge in [0, 0.05) is 39.0 Å². The molecule has 7 heteroatoms. The Bertz CT molecular complexity index is 729. The van der Waals surface area contributed by atoms with E-state index in [9.17, 15) is 10.1 Å². The molecule has 0 saturated carbocycles. The fourth-order valence-corrected chi connectivity index (χ4v) is 2.11. The lowest BCUT2D eigenvalue weighted by Crippen LogP contribution is -2.42. The number of nitrogens with zero attached hydrogens (tertiary/aromatic N) is 1. The van der Waals surface area contributed by atoms with Crippen LogP contribution in [0.25, 0.3) is 12.2 Å². The van der Waals surface area contributed by atoms with E-state index in [1.165, 1.54) is 33.5 Å². The van der Waals surface area contributed by atoms with Crippen molar-refractivity contribution in [1.29, 1.82) is 0 Å². The Balaban J connectivity index is 2.24. The number of methoxy groups -OCH3 is 3. The summed E-state index contributed by atoms with van der Waals surface area (Å²) in [6.45, 7) is 0. The summed E-state index contributed by atoms with van der Waals surface area (Å²) in [5.74, 6) is 0.492. The topological polar surface area (TPSA) is 80.1 Å². The Kier molecular flexibility index (Phi) is 6.24. The molecular weight excluding hydrogens is 326 g/mol. The normalized spacial score (nSPS) is 11.6. The molecule has 0 atom stereocenters. The third-order valence-electron chi connectivity index (χ3n) is 3.46. The van der Waals surface area contributed by atoms with E-state index in [0.717, 1.165) is 11.1 Å². The molecule has 7 nitrogen and oxygen atoms in total. The number of hydrogen-bond donors (Lipinski definition) is 0. The Hall–Kier alpha value is -2.74.